The van der Waals surface area contributed by atoms with Crippen LogP contribution in [0.4, 0.5) is 5.69 Å². The normalized spacial score (nSPS) is 10.3. The van der Waals surface area contributed by atoms with Crippen molar-refractivity contribution in [3.63, 3.8) is 0 Å². The summed E-state index contributed by atoms with van der Waals surface area (Å²) in [7, 11) is 1.65. The van der Waals surface area contributed by atoms with Crippen molar-refractivity contribution in [3.05, 3.63) is 59.1 Å². The summed E-state index contributed by atoms with van der Waals surface area (Å²) in [5.74, 6) is 0.769. The van der Waals surface area contributed by atoms with Crippen LogP contribution < -0.4 is 15.4 Å². The summed E-state index contributed by atoms with van der Waals surface area (Å²) >= 11 is 5.80. The monoisotopic (exact) mass is 318 g/mol. The number of carbonyl (C=O) groups excluding carboxylic acids is 1. The Hall–Kier alpha value is -2.04. The van der Waals surface area contributed by atoms with Gasteiger partial charge in [-0.25, -0.2) is 0 Å². The summed E-state index contributed by atoms with van der Waals surface area (Å²) in [6.07, 6.45) is 0.839. The van der Waals surface area contributed by atoms with Crippen molar-refractivity contribution in [2.75, 3.05) is 25.5 Å². The highest BCUT2D eigenvalue weighted by Gasteiger charge is 2.02. The lowest BCUT2D eigenvalue weighted by molar-refractivity contribution is -0.115. The molecule has 1 amide bonds. The molecule has 0 aliphatic heterocycles. The predicted octanol–water partition coefficient (Wildman–Crippen LogP) is 3.12. The predicted molar refractivity (Wildman–Crippen MR) is 89.6 cm³/mol. The van der Waals surface area contributed by atoms with Crippen molar-refractivity contribution in [1.29, 1.82) is 0 Å². The zero-order valence-corrected chi connectivity index (χ0v) is 13.2. The van der Waals surface area contributed by atoms with Gasteiger partial charge in [0.25, 0.3) is 0 Å². The molecular formula is C17H19ClN2O2. The summed E-state index contributed by atoms with van der Waals surface area (Å²) in [5.41, 5.74) is 1.91. The minimum Gasteiger partial charge on any atom is -0.497 e. The number of ether oxygens (including phenoxy) is 1. The highest BCUT2D eigenvalue weighted by atomic mass is 35.5. The summed E-state index contributed by atoms with van der Waals surface area (Å²) in [6, 6.07) is 14.9. The van der Waals surface area contributed by atoms with E-state index in [0.29, 0.717) is 5.02 Å². The van der Waals surface area contributed by atoms with Gasteiger partial charge in [-0.2, -0.15) is 0 Å². The lowest BCUT2D eigenvalue weighted by Crippen LogP contribution is -2.29. The molecule has 22 heavy (non-hydrogen) atoms. The molecule has 116 valence electrons. The smallest absolute Gasteiger partial charge is 0.238 e. The molecule has 0 fully saturated rings. The third-order valence-electron chi connectivity index (χ3n) is 3.14. The molecule has 0 atom stereocenters. The first-order chi connectivity index (χ1) is 10.7. The third-order valence-corrected chi connectivity index (χ3v) is 3.39. The summed E-state index contributed by atoms with van der Waals surface area (Å²) in [4.78, 5) is 11.8. The van der Waals surface area contributed by atoms with Crippen LogP contribution in [0.3, 0.4) is 0 Å². The van der Waals surface area contributed by atoms with Crippen LogP contribution in [-0.2, 0) is 11.2 Å². The number of benzene rings is 2. The topological polar surface area (TPSA) is 50.4 Å². The number of amides is 1. The number of hydrogen-bond acceptors (Lipinski definition) is 3. The Morgan fingerprint density at radius 2 is 1.95 bits per heavy atom. The quantitative estimate of drug-likeness (QED) is 0.771. The SMILES string of the molecule is COc1cccc(CCNCC(=O)Nc2ccc(Cl)cc2)c1. The second kappa shape index (κ2) is 8.41. The van der Waals surface area contributed by atoms with Crippen LogP contribution in [0.15, 0.2) is 48.5 Å². The van der Waals surface area contributed by atoms with Crippen LogP contribution in [0.2, 0.25) is 5.02 Å². The number of hydrogen-bond donors (Lipinski definition) is 2. The van der Waals surface area contributed by atoms with Gasteiger partial charge >= 0.3 is 0 Å². The molecule has 0 saturated heterocycles. The molecule has 0 aliphatic rings. The summed E-state index contributed by atoms with van der Waals surface area (Å²) in [6.45, 7) is 0.994. The number of methoxy groups -OCH3 is 1. The lowest BCUT2D eigenvalue weighted by atomic mass is 10.1. The Morgan fingerprint density at radius 1 is 1.18 bits per heavy atom. The number of carbonyl (C=O) groups is 1. The second-order valence-electron chi connectivity index (χ2n) is 4.83. The first-order valence-corrected chi connectivity index (χ1v) is 7.44. The van der Waals surface area contributed by atoms with Crippen molar-refractivity contribution in [3.8, 4) is 5.75 Å². The maximum atomic E-state index is 11.8. The maximum absolute atomic E-state index is 11.8. The largest absolute Gasteiger partial charge is 0.497 e. The zero-order valence-electron chi connectivity index (χ0n) is 12.4. The standard InChI is InChI=1S/C17H19ClN2O2/c1-22-16-4-2-3-13(11-16)9-10-19-12-17(21)20-15-7-5-14(18)6-8-15/h2-8,11,19H,9-10,12H2,1H3,(H,20,21). The van der Waals surface area contributed by atoms with Crippen LogP contribution in [0.5, 0.6) is 5.75 Å². The molecule has 2 rings (SSSR count). The van der Waals surface area contributed by atoms with Gasteiger partial charge < -0.3 is 15.4 Å². The van der Waals surface area contributed by atoms with Crippen molar-refractivity contribution < 1.29 is 9.53 Å². The average molecular weight is 319 g/mol. The molecule has 0 spiro atoms. The summed E-state index contributed by atoms with van der Waals surface area (Å²) in [5, 5.41) is 6.58. The molecule has 5 heteroatoms. The van der Waals surface area contributed by atoms with Gasteiger partial charge in [0, 0.05) is 10.7 Å². The van der Waals surface area contributed by atoms with E-state index in [9.17, 15) is 4.79 Å². The molecule has 0 heterocycles. The Kier molecular flexibility index (Phi) is 6.25. The van der Waals surface area contributed by atoms with Crippen LogP contribution in [-0.4, -0.2) is 26.1 Å². The summed E-state index contributed by atoms with van der Waals surface area (Å²) < 4.78 is 5.18. The average Bonchev–Trinajstić information content (AvgIpc) is 2.54. The lowest BCUT2D eigenvalue weighted by Gasteiger charge is -2.08. The van der Waals surface area contributed by atoms with Gasteiger partial charge in [-0.15, -0.1) is 0 Å². The van der Waals surface area contributed by atoms with E-state index in [1.807, 2.05) is 24.3 Å². The first-order valence-electron chi connectivity index (χ1n) is 7.06. The molecule has 0 saturated carbocycles. The van der Waals surface area contributed by atoms with E-state index in [1.54, 1.807) is 31.4 Å². The number of rotatable bonds is 7. The molecule has 2 N–H and O–H groups in total. The minimum absolute atomic E-state index is 0.0760. The number of nitrogens with one attached hydrogen (secondary N) is 2. The van der Waals surface area contributed by atoms with E-state index >= 15 is 0 Å². The fraction of sp³-hybridized carbons (Fsp3) is 0.235. The Morgan fingerprint density at radius 3 is 2.68 bits per heavy atom. The number of anilines is 1. The fourth-order valence-corrected chi connectivity index (χ4v) is 2.13. The first kappa shape index (κ1) is 16.3. The van der Waals surface area contributed by atoms with Gasteiger partial charge in [0.15, 0.2) is 0 Å². The Labute approximate surface area is 135 Å². The second-order valence-corrected chi connectivity index (χ2v) is 5.27. The van der Waals surface area contributed by atoms with Gasteiger partial charge in [-0.3, -0.25) is 4.79 Å². The van der Waals surface area contributed by atoms with E-state index in [4.69, 9.17) is 16.3 Å². The van der Waals surface area contributed by atoms with Gasteiger partial charge in [0.2, 0.25) is 5.91 Å². The van der Waals surface area contributed by atoms with E-state index in [2.05, 4.69) is 10.6 Å². The van der Waals surface area contributed by atoms with Gasteiger partial charge in [-0.1, -0.05) is 23.7 Å². The van der Waals surface area contributed by atoms with Crippen molar-refractivity contribution in [1.82, 2.24) is 5.32 Å². The van der Waals surface area contributed by atoms with E-state index in [0.717, 1.165) is 24.4 Å². The maximum Gasteiger partial charge on any atom is 0.238 e. The van der Waals surface area contributed by atoms with E-state index in [1.165, 1.54) is 5.56 Å². The van der Waals surface area contributed by atoms with Gasteiger partial charge in [0.1, 0.15) is 5.75 Å². The highest BCUT2D eigenvalue weighted by Crippen LogP contribution is 2.13. The fourth-order valence-electron chi connectivity index (χ4n) is 2.00. The molecule has 0 aliphatic carbocycles. The van der Waals surface area contributed by atoms with Crippen LogP contribution in [0.25, 0.3) is 0 Å². The van der Waals surface area contributed by atoms with Crippen LogP contribution in [0.1, 0.15) is 5.56 Å². The minimum atomic E-state index is -0.0760. The zero-order chi connectivity index (χ0) is 15.8. The molecular weight excluding hydrogens is 300 g/mol. The van der Waals surface area contributed by atoms with Crippen molar-refractivity contribution in [2.45, 2.75) is 6.42 Å². The Balaban J connectivity index is 1.69. The van der Waals surface area contributed by atoms with Crippen LogP contribution >= 0.6 is 11.6 Å². The molecule has 0 aromatic heterocycles. The molecule has 0 unspecified atom stereocenters. The third kappa shape index (κ3) is 5.39. The number of halogens is 1. The van der Waals surface area contributed by atoms with Crippen molar-refractivity contribution >= 4 is 23.2 Å². The van der Waals surface area contributed by atoms with Gasteiger partial charge in [0.05, 0.1) is 13.7 Å². The van der Waals surface area contributed by atoms with E-state index < -0.39 is 0 Å². The molecule has 2 aromatic carbocycles. The van der Waals surface area contributed by atoms with Crippen LogP contribution in [0, 0.1) is 0 Å². The van der Waals surface area contributed by atoms with E-state index in [-0.39, 0.29) is 12.5 Å². The Bertz CT molecular complexity index is 614. The molecule has 2 aromatic rings. The molecule has 4 nitrogen and oxygen atoms in total. The van der Waals surface area contributed by atoms with Crippen molar-refractivity contribution in [2.24, 2.45) is 0 Å². The van der Waals surface area contributed by atoms with Gasteiger partial charge in [-0.05, 0) is 54.9 Å². The molecule has 0 radical (unpaired) electrons. The molecule has 0 bridgehead atoms. The highest BCUT2D eigenvalue weighted by molar-refractivity contribution is 6.30.